The molecule has 2 aromatic carbocycles. The van der Waals surface area contributed by atoms with Gasteiger partial charge in [-0.25, -0.2) is 0 Å². The van der Waals surface area contributed by atoms with Gasteiger partial charge >= 0.3 is 0 Å². The van der Waals surface area contributed by atoms with Gasteiger partial charge in [-0.05, 0) is 67.1 Å². The first kappa shape index (κ1) is 14.6. The second-order valence-corrected chi connectivity index (χ2v) is 6.45. The number of aryl methyl sites for hydroxylation is 1. The molecule has 1 N–H and O–H groups in total. The van der Waals surface area contributed by atoms with Crippen molar-refractivity contribution in [1.29, 1.82) is 0 Å². The van der Waals surface area contributed by atoms with Crippen LogP contribution in [0.3, 0.4) is 0 Å². The first-order valence-corrected chi connectivity index (χ1v) is 8.10. The van der Waals surface area contributed by atoms with Gasteiger partial charge in [0.25, 0.3) is 0 Å². The zero-order chi connectivity index (χ0) is 14.8. The molecule has 2 aromatic rings. The molecule has 2 heteroatoms. The lowest BCUT2D eigenvalue weighted by Gasteiger charge is -2.26. The lowest BCUT2D eigenvalue weighted by atomic mass is 9.79. The minimum Gasteiger partial charge on any atom is -0.309 e. The number of rotatable bonds is 4. The minimum absolute atomic E-state index is 0.220. The van der Waals surface area contributed by atoms with Gasteiger partial charge in [-0.3, -0.25) is 0 Å². The van der Waals surface area contributed by atoms with Gasteiger partial charge in [0.1, 0.15) is 0 Å². The molecule has 0 aromatic heterocycles. The molecule has 0 spiro atoms. The summed E-state index contributed by atoms with van der Waals surface area (Å²) in [5.41, 5.74) is 5.32. The summed E-state index contributed by atoms with van der Waals surface area (Å²) in [6, 6.07) is 15.5. The van der Waals surface area contributed by atoms with Crippen LogP contribution < -0.4 is 5.32 Å². The Morgan fingerprint density at radius 3 is 2.33 bits per heavy atom. The van der Waals surface area contributed by atoms with Gasteiger partial charge in [0, 0.05) is 5.02 Å². The Morgan fingerprint density at radius 1 is 1.10 bits per heavy atom. The van der Waals surface area contributed by atoms with E-state index in [2.05, 4.69) is 42.6 Å². The van der Waals surface area contributed by atoms with Crippen molar-refractivity contribution in [3.63, 3.8) is 0 Å². The molecule has 1 aliphatic rings. The summed E-state index contributed by atoms with van der Waals surface area (Å²) >= 11 is 6.07. The largest absolute Gasteiger partial charge is 0.309 e. The van der Waals surface area contributed by atoms with Crippen LogP contribution in [-0.2, 0) is 0 Å². The molecule has 1 unspecified atom stereocenters. The Morgan fingerprint density at radius 2 is 1.81 bits per heavy atom. The van der Waals surface area contributed by atoms with Gasteiger partial charge in [-0.1, -0.05) is 48.4 Å². The Labute approximate surface area is 132 Å². The van der Waals surface area contributed by atoms with E-state index in [1.165, 1.54) is 41.5 Å². The van der Waals surface area contributed by atoms with Crippen molar-refractivity contribution in [3.8, 4) is 0 Å². The molecule has 1 nitrogen and oxygen atoms in total. The van der Waals surface area contributed by atoms with Gasteiger partial charge in [-0.2, -0.15) is 0 Å². The number of nitrogens with one attached hydrogen (secondary N) is 1. The van der Waals surface area contributed by atoms with E-state index in [1.54, 1.807) is 0 Å². The molecule has 0 bridgehead atoms. The van der Waals surface area contributed by atoms with Crippen molar-refractivity contribution in [3.05, 3.63) is 69.7 Å². The van der Waals surface area contributed by atoms with Crippen molar-refractivity contribution >= 4 is 11.6 Å². The normalized spacial score (nSPS) is 16.5. The third-order valence-electron chi connectivity index (χ3n) is 4.68. The molecule has 0 saturated heterocycles. The number of hydrogen-bond acceptors (Lipinski definition) is 1. The quantitative estimate of drug-likeness (QED) is 0.815. The maximum absolute atomic E-state index is 6.07. The summed E-state index contributed by atoms with van der Waals surface area (Å²) in [4.78, 5) is 0. The van der Waals surface area contributed by atoms with E-state index in [0.29, 0.717) is 0 Å². The molecule has 1 saturated carbocycles. The van der Waals surface area contributed by atoms with Gasteiger partial charge in [0.15, 0.2) is 0 Å². The van der Waals surface area contributed by atoms with E-state index < -0.39 is 0 Å². The van der Waals surface area contributed by atoms with Gasteiger partial charge < -0.3 is 5.32 Å². The number of hydrogen-bond donors (Lipinski definition) is 1. The lowest BCUT2D eigenvalue weighted by molar-refractivity contribution is 0.419. The van der Waals surface area contributed by atoms with E-state index in [0.717, 1.165) is 10.9 Å². The number of benzene rings is 2. The molecule has 1 aliphatic carbocycles. The molecular weight excluding hydrogens is 278 g/mol. The van der Waals surface area contributed by atoms with E-state index in [1.807, 2.05) is 19.2 Å². The molecule has 0 heterocycles. The molecule has 0 aliphatic heterocycles. The third-order valence-corrected chi connectivity index (χ3v) is 4.91. The molecule has 21 heavy (non-hydrogen) atoms. The smallest absolute Gasteiger partial charge is 0.0576 e. The number of halogens is 1. The fraction of sp³-hybridized carbons (Fsp3) is 0.368. The minimum atomic E-state index is 0.220. The first-order chi connectivity index (χ1) is 10.2. The van der Waals surface area contributed by atoms with E-state index >= 15 is 0 Å². The van der Waals surface area contributed by atoms with Crippen LogP contribution in [0.2, 0.25) is 5.02 Å². The second-order valence-electron chi connectivity index (χ2n) is 6.02. The zero-order valence-corrected chi connectivity index (χ0v) is 13.5. The maximum atomic E-state index is 6.07. The van der Waals surface area contributed by atoms with E-state index in [4.69, 9.17) is 11.6 Å². The standard InChI is InChI=1S/C19H22ClN/c1-13-12-17(20)10-11-18(13)19(21-2)16-8-6-15(7-9-16)14-4-3-5-14/h6-12,14,19,21H,3-5H2,1-2H3. The molecule has 0 radical (unpaired) electrons. The van der Waals surface area contributed by atoms with Crippen molar-refractivity contribution in [2.24, 2.45) is 0 Å². The van der Waals surface area contributed by atoms with E-state index in [9.17, 15) is 0 Å². The second kappa shape index (κ2) is 6.21. The average Bonchev–Trinajstić information content (AvgIpc) is 2.42. The van der Waals surface area contributed by atoms with Crippen LogP contribution in [0.1, 0.15) is 53.5 Å². The van der Waals surface area contributed by atoms with Crippen LogP contribution >= 0.6 is 11.6 Å². The summed E-state index contributed by atoms with van der Waals surface area (Å²) in [6.07, 6.45) is 4.09. The Hall–Kier alpha value is -1.31. The van der Waals surface area contributed by atoms with Crippen LogP contribution in [-0.4, -0.2) is 7.05 Å². The molecular formula is C19H22ClN. The van der Waals surface area contributed by atoms with Crippen molar-refractivity contribution in [1.82, 2.24) is 5.32 Å². The van der Waals surface area contributed by atoms with Crippen LogP contribution in [0.15, 0.2) is 42.5 Å². The summed E-state index contributed by atoms with van der Waals surface area (Å²) in [5.74, 6) is 0.796. The predicted octanol–water partition coefficient (Wildman–Crippen LogP) is 5.22. The Balaban J connectivity index is 1.88. The van der Waals surface area contributed by atoms with Gasteiger partial charge in [-0.15, -0.1) is 0 Å². The SMILES string of the molecule is CNC(c1ccc(C2CCC2)cc1)c1ccc(Cl)cc1C. The van der Waals surface area contributed by atoms with Crippen LogP contribution in [0, 0.1) is 6.92 Å². The monoisotopic (exact) mass is 299 g/mol. The van der Waals surface area contributed by atoms with Crippen molar-refractivity contribution in [2.75, 3.05) is 7.05 Å². The van der Waals surface area contributed by atoms with Crippen LogP contribution in [0.5, 0.6) is 0 Å². The molecule has 1 atom stereocenters. The van der Waals surface area contributed by atoms with Crippen molar-refractivity contribution < 1.29 is 0 Å². The summed E-state index contributed by atoms with van der Waals surface area (Å²) in [7, 11) is 2.01. The molecule has 0 amide bonds. The fourth-order valence-corrected chi connectivity index (χ4v) is 3.39. The highest BCUT2D eigenvalue weighted by molar-refractivity contribution is 6.30. The van der Waals surface area contributed by atoms with Gasteiger partial charge in [0.05, 0.1) is 6.04 Å². The molecule has 110 valence electrons. The van der Waals surface area contributed by atoms with Crippen molar-refractivity contribution in [2.45, 2.75) is 38.1 Å². The van der Waals surface area contributed by atoms with Gasteiger partial charge in [0.2, 0.25) is 0 Å². The van der Waals surface area contributed by atoms with Crippen LogP contribution in [0.25, 0.3) is 0 Å². The molecule has 3 rings (SSSR count). The highest BCUT2D eigenvalue weighted by Crippen LogP contribution is 2.37. The average molecular weight is 300 g/mol. The zero-order valence-electron chi connectivity index (χ0n) is 12.7. The predicted molar refractivity (Wildman–Crippen MR) is 90.1 cm³/mol. The Kier molecular flexibility index (Phi) is 4.32. The lowest BCUT2D eigenvalue weighted by Crippen LogP contribution is -2.19. The van der Waals surface area contributed by atoms with Crippen LogP contribution in [0.4, 0.5) is 0 Å². The maximum Gasteiger partial charge on any atom is 0.0576 e. The Bertz CT molecular complexity index is 614. The summed E-state index contributed by atoms with van der Waals surface area (Å²) in [5, 5.41) is 4.23. The first-order valence-electron chi connectivity index (χ1n) is 7.72. The van der Waals surface area contributed by atoms with E-state index in [-0.39, 0.29) is 6.04 Å². The highest BCUT2D eigenvalue weighted by Gasteiger charge is 2.20. The topological polar surface area (TPSA) is 12.0 Å². The third kappa shape index (κ3) is 3.00. The fourth-order valence-electron chi connectivity index (χ4n) is 3.17. The summed E-state index contributed by atoms with van der Waals surface area (Å²) < 4.78 is 0. The highest BCUT2D eigenvalue weighted by atomic mass is 35.5. The molecule has 1 fully saturated rings. The summed E-state index contributed by atoms with van der Waals surface area (Å²) in [6.45, 7) is 2.12.